The number of rotatable bonds is 6. The Morgan fingerprint density at radius 1 is 1.00 bits per heavy atom. The van der Waals surface area contributed by atoms with Crippen LogP contribution < -0.4 is 0 Å². The van der Waals surface area contributed by atoms with E-state index in [1.54, 1.807) is 0 Å². The van der Waals surface area contributed by atoms with Crippen LogP contribution in [-0.4, -0.2) is 12.5 Å². The number of halogens is 1. The zero-order valence-electron chi connectivity index (χ0n) is 11.7. The Morgan fingerprint density at radius 2 is 1.60 bits per heavy atom. The van der Waals surface area contributed by atoms with Crippen molar-refractivity contribution in [2.45, 2.75) is 19.8 Å². The van der Waals surface area contributed by atoms with Crippen LogP contribution in [0.3, 0.4) is 0 Å². The first-order chi connectivity index (χ1) is 9.70. The highest BCUT2D eigenvalue weighted by atomic mass is 19.1. The Bertz CT molecular complexity index is 545. The number of benzene rings is 2. The SMILES string of the molecule is CC(=O)C(CF)CCc1ccc(-c2ccccc2)cc1. The monoisotopic (exact) mass is 270 g/mol. The molecule has 0 N–H and O–H groups in total. The number of Topliss-reactive ketones (excluding diaryl/α,β-unsaturated/α-hetero) is 1. The maximum Gasteiger partial charge on any atom is 0.135 e. The third-order valence-corrected chi connectivity index (χ3v) is 3.60. The fraction of sp³-hybridized carbons (Fsp3) is 0.278. The van der Waals surface area contributed by atoms with Gasteiger partial charge in [-0.1, -0.05) is 54.6 Å². The van der Waals surface area contributed by atoms with Crippen LogP contribution in [0.25, 0.3) is 11.1 Å². The van der Waals surface area contributed by atoms with Crippen molar-refractivity contribution < 1.29 is 9.18 Å². The van der Waals surface area contributed by atoms with Crippen LogP contribution in [-0.2, 0) is 11.2 Å². The molecule has 0 heterocycles. The summed E-state index contributed by atoms with van der Waals surface area (Å²) < 4.78 is 12.7. The summed E-state index contributed by atoms with van der Waals surface area (Å²) in [6, 6.07) is 18.4. The first-order valence-corrected chi connectivity index (χ1v) is 6.91. The van der Waals surface area contributed by atoms with Gasteiger partial charge in [0, 0.05) is 5.92 Å². The summed E-state index contributed by atoms with van der Waals surface area (Å²) in [7, 11) is 0. The largest absolute Gasteiger partial charge is 0.300 e. The van der Waals surface area contributed by atoms with Crippen molar-refractivity contribution in [3.8, 4) is 11.1 Å². The molecule has 0 aliphatic carbocycles. The minimum Gasteiger partial charge on any atom is -0.300 e. The Hall–Kier alpha value is -1.96. The maximum atomic E-state index is 12.7. The zero-order chi connectivity index (χ0) is 14.4. The average Bonchev–Trinajstić information content (AvgIpc) is 2.49. The summed E-state index contributed by atoms with van der Waals surface area (Å²) in [5.41, 5.74) is 3.50. The third kappa shape index (κ3) is 3.77. The summed E-state index contributed by atoms with van der Waals surface area (Å²) in [5.74, 6) is -0.516. The molecule has 0 spiro atoms. The van der Waals surface area contributed by atoms with Crippen LogP contribution in [0.4, 0.5) is 4.39 Å². The average molecular weight is 270 g/mol. The fourth-order valence-electron chi connectivity index (χ4n) is 2.22. The van der Waals surface area contributed by atoms with E-state index in [0.29, 0.717) is 6.42 Å². The summed E-state index contributed by atoms with van der Waals surface area (Å²) in [5, 5.41) is 0. The molecule has 2 heteroatoms. The number of carbonyl (C=O) groups is 1. The number of alkyl halides is 1. The van der Waals surface area contributed by atoms with E-state index < -0.39 is 12.6 Å². The minimum absolute atomic E-state index is 0.0617. The molecule has 0 fully saturated rings. The topological polar surface area (TPSA) is 17.1 Å². The predicted molar refractivity (Wildman–Crippen MR) is 80.3 cm³/mol. The number of hydrogen-bond acceptors (Lipinski definition) is 1. The predicted octanol–water partition coefficient (Wildman–Crippen LogP) is 4.46. The van der Waals surface area contributed by atoms with E-state index in [4.69, 9.17) is 0 Å². The van der Waals surface area contributed by atoms with Crippen molar-refractivity contribution >= 4 is 5.78 Å². The summed E-state index contributed by atoms with van der Waals surface area (Å²) in [6.07, 6.45) is 1.32. The van der Waals surface area contributed by atoms with Crippen LogP contribution in [0.5, 0.6) is 0 Å². The molecular formula is C18H19FO. The second-order valence-electron chi connectivity index (χ2n) is 5.06. The van der Waals surface area contributed by atoms with Crippen LogP contribution in [0.2, 0.25) is 0 Å². The molecule has 2 aromatic rings. The Balaban J connectivity index is 2.00. The molecule has 0 aliphatic rings. The normalized spacial score (nSPS) is 12.1. The van der Waals surface area contributed by atoms with Gasteiger partial charge >= 0.3 is 0 Å². The molecule has 104 valence electrons. The van der Waals surface area contributed by atoms with Gasteiger partial charge in [0.05, 0.1) is 6.67 Å². The fourth-order valence-corrected chi connectivity index (χ4v) is 2.22. The van der Waals surface area contributed by atoms with E-state index in [-0.39, 0.29) is 5.78 Å². The van der Waals surface area contributed by atoms with E-state index in [2.05, 4.69) is 36.4 Å². The lowest BCUT2D eigenvalue weighted by Gasteiger charge is -2.09. The van der Waals surface area contributed by atoms with Crippen molar-refractivity contribution in [3.63, 3.8) is 0 Å². The zero-order valence-corrected chi connectivity index (χ0v) is 11.7. The third-order valence-electron chi connectivity index (χ3n) is 3.60. The smallest absolute Gasteiger partial charge is 0.135 e. The molecule has 20 heavy (non-hydrogen) atoms. The molecule has 1 atom stereocenters. The molecule has 1 nitrogen and oxygen atoms in total. The highest BCUT2D eigenvalue weighted by molar-refractivity contribution is 5.78. The Labute approximate surface area is 119 Å². The number of ketones is 1. The molecule has 0 radical (unpaired) electrons. The molecule has 0 aliphatic heterocycles. The Morgan fingerprint density at radius 3 is 2.15 bits per heavy atom. The van der Waals surface area contributed by atoms with E-state index in [9.17, 15) is 9.18 Å². The minimum atomic E-state index is -0.558. The van der Waals surface area contributed by atoms with Gasteiger partial charge in [0.15, 0.2) is 0 Å². The highest BCUT2D eigenvalue weighted by Crippen LogP contribution is 2.20. The maximum absolute atomic E-state index is 12.7. The number of hydrogen-bond donors (Lipinski definition) is 0. The van der Waals surface area contributed by atoms with Gasteiger partial charge in [0.25, 0.3) is 0 Å². The van der Waals surface area contributed by atoms with Crippen molar-refractivity contribution in [1.29, 1.82) is 0 Å². The standard InChI is InChI=1S/C18H19FO/c1-14(20)18(13-19)12-9-15-7-10-17(11-8-15)16-5-3-2-4-6-16/h2-8,10-11,18H,9,12-13H2,1H3. The lowest BCUT2D eigenvalue weighted by Crippen LogP contribution is -2.13. The van der Waals surface area contributed by atoms with Crippen molar-refractivity contribution in [2.75, 3.05) is 6.67 Å². The first kappa shape index (κ1) is 14.4. The molecule has 2 rings (SSSR count). The second kappa shape index (κ2) is 6.99. The molecule has 1 unspecified atom stereocenters. The van der Waals surface area contributed by atoms with Crippen LogP contribution in [0, 0.1) is 5.92 Å². The molecule has 0 amide bonds. The van der Waals surface area contributed by atoms with E-state index >= 15 is 0 Å². The number of aryl methyl sites for hydroxylation is 1. The van der Waals surface area contributed by atoms with E-state index in [1.807, 2.05) is 18.2 Å². The van der Waals surface area contributed by atoms with Gasteiger partial charge in [0.2, 0.25) is 0 Å². The lowest BCUT2D eigenvalue weighted by molar-refractivity contribution is -0.121. The molecule has 0 bridgehead atoms. The summed E-state index contributed by atoms with van der Waals surface area (Å²) in [6.45, 7) is 0.903. The van der Waals surface area contributed by atoms with Gasteiger partial charge in [-0.05, 0) is 36.5 Å². The summed E-state index contributed by atoms with van der Waals surface area (Å²) >= 11 is 0. The number of carbonyl (C=O) groups excluding carboxylic acids is 1. The van der Waals surface area contributed by atoms with Crippen LogP contribution >= 0.6 is 0 Å². The van der Waals surface area contributed by atoms with Gasteiger partial charge < -0.3 is 0 Å². The van der Waals surface area contributed by atoms with Gasteiger partial charge in [-0.3, -0.25) is 9.18 Å². The lowest BCUT2D eigenvalue weighted by atomic mass is 9.96. The molecular weight excluding hydrogens is 251 g/mol. The molecule has 2 aromatic carbocycles. The van der Waals surface area contributed by atoms with Crippen LogP contribution in [0.15, 0.2) is 54.6 Å². The van der Waals surface area contributed by atoms with Gasteiger partial charge in [-0.15, -0.1) is 0 Å². The van der Waals surface area contributed by atoms with Gasteiger partial charge in [-0.2, -0.15) is 0 Å². The second-order valence-corrected chi connectivity index (χ2v) is 5.06. The quantitative estimate of drug-likeness (QED) is 0.757. The van der Waals surface area contributed by atoms with Crippen LogP contribution in [0.1, 0.15) is 18.9 Å². The van der Waals surface area contributed by atoms with E-state index in [1.165, 1.54) is 18.1 Å². The molecule has 0 aromatic heterocycles. The van der Waals surface area contributed by atoms with Crippen molar-refractivity contribution in [1.82, 2.24) is 0 Å². The first-order valence-electron chi connectivity index (χ1n) is 6.91. The Kier molecular flexibility index (Phi) is 5.05. The van der Waals surface area contributed by atoms with Gasteiger partial charge in [-0.25, -0.2) is 0 Å². The van der Waals surface area contributed by atoms with E-state index in [0.717, 1.165) is 12.0 Å². The van der Waals surface area contributed by atoms with Crippen molar-refractivity contribution in [2.24, 2.45) is 5.92 Å². The molecule has 0 saturated carbocycles. The summed E-state index contributed by atoms with van der Waals surface area (Å²) in [4.78, 5) is 11.2. The molecule has 0 saturated heterocycles. The van der Waals surface area contributed by atoms with Gasteiger partial charge in [0.1, 0.15) is 5.78 Å². The highest BCUT2D eigenvalue weighted by Gasteiger charge is 2.13. The van der Waals surface area contributed by atoms with Crippen molar-refractivity contribution in [3.05, 3.63) is 60.2 Å².